The normalized spacial score (nSPS) is 16.7. The fraction of sp³-hybridized carbons (Fsp3) is 0.444. The topological polar surface area (TPSA) is 95.7 Å². The largest absolute Gasteiger partial charge is 0.350 e. The highest BCUT2D eigenvalue weighted by Gasteiger charge is 2.49. The summed E-state index contributed by atoms with van der Waals surface area (Å²) in [6.07, 6.45) is 4.27. The van der Waals surface area contributed by atoms with E-state index in [1.165, 1.54) is 4.90 Å². The average Bonchev–Trinajstić information content (AvgIpc) is 3.08. The molecular weight excluding hydrogens is 428 g/mol. The second-order valence-electron chi connectivity index (χ2n) is 8.77. The Bertz CT molecular complexity index is 935. The minimum atomic E-state index is -0.818. The monoisotopic (exact) mass is 464 g/mol. The Kier molecular flexibility index (Phi) is 9.64. The zero-order chi connectivity index (χ0) is 24.3. The smallest absolute Gasteiger partial charge is 0.328 e. The molecule has 1 aliphatic rings. The van der Waals surface area contributed by atoms with Gasteiger partial charge in [0, 0.05) is 13.1 Å². The third-order valence-electron chi connectivity index (χ3n) is 6.21. The number of imide groups is 1. The molecule has 0 aromatic heterocycles. The van der Waals surface area contributed by atoms with Gasteiger partial charge in [-0.15, -0.1) is 0 Å². The van der Waals surface area contributed by atoms with Gasteiger partial charge in [-0.1, -0.05) is 86.8 Å². The Hall–Kier alpha value is -3.19. The highest BCUT2D eigenvalue weighted by Crippen LogP contribution is 2.28. The summed E-state index contributed by atoms with van der Waals surface area (Å²) in [6.45, 7) is 3.26. The Balaban J connectivity index is 1.79. The van der Waals surface area contributed by atoms with Crippen LogP contribution in [0.4, 0.5) is 4.79 Å². The van der Waals surface area contributed by atoms with Gasteiger partial charge in [-0.2, -0.15) is 0 Å². The van der Waals surface area contributed by atoms with Crippen molar-refractivity contribution in [3.05, 3.63) is 71.8 Å². The standard InChI is InChI=1S/C27H36N4O3/c1-2-12-23(25(32)29-19-21-13-6-3-7-14-21)31-26(33)24(17-10-5-11-18-28)30(27(31)34)20-22-15-8-4-9-16-22/h3-4,6-9,13-16,23-24H,2,5,10-12,17-20,28H2,1H3,(H,29,32)/t23-,24-/m1/s1. The first-order valence-corrected chi connectivity index (χ1v) is 12.3. The van der Waals surface area contributed by atoms with Crippen LogP contribution < -0.4 is 11.1 Å². The van der Waals surface area contributed by atoms with E-state index >= 15 is 0 Å². The average molecular weight is 465 g/mol. The van der Waals surface area contributed by atoms with Crippen LogP contribution in [0.15, 0.2) is 60.7 Å². The van der Waals surface area contributed by atoms with E-state index in [2.05, 4.69) is 5.32 Å². The molecule has 0 radical (unpaired) electrons. The van der Waals surface area contributed by atoms with Crippen molar-refractivity contribution in [2.75, 3.05) is 6.54 Å². The Morgan fingerprint density at radius 1 is 0.971 bits per heavy atom. The number of urea groups is 1. The van der Waals surface area contributed by atoms with Crippen LogP contribution in [0.5, 0.6) is 0 Å². The van der Waals surface area contributed by atoms with Crippen LogP contribution in [0, 0.1) is 0 Å². The minimum Gasteiger partial charge on any atom is -0.350 e. The number of nitrogens with one attached hydrogen (secondary N) is 1. The minimum absolute atomic E-state index is 0.276. The molecule has 182 valence electrons. The van der Waals surface area contributed by atoms with Gasteiger partial charge in [0.05, 0.1) is 0 Å². The van der Waals surface area contributed by atoms with Crippen LogP contribution in [0.25, 0.3) is 0 Å². The van der Waals surface area contributed by atoms with E-state index in [-0.39, 0.29) is 17.8 Å². The summed E-state index contributed by atoms with van der Waals surface area (Å²) < 4.78 is 0. The first-order chi connectivity index (χ1) is 16.6. The van der Waals surface area contributed by atoms with Crippen LogP contribution in [0.3, 0.4) is 0 Å². The number of carbonyl (C=O) groups is 3. The first kappa shape index (κ1) is 25.4. The summed E-state index contributed by atoms with van der Waals surface area (Å²) in [5.41, 5.74) is 7.54. The Morgan fingerprint density at radius 3 is 2.24 bits per heavy atom. The van der Waals surface area contributed by atoms with E-state index in [1.54, 1.807) is 4.90 Å². The van der Waals surface area contributed by atoms with Crippen molar-refractivity contribution in [3.63, 3.8) is 0 Å². The lowest BCUT2D eigenvalue weighted by atomic mass is 10.0. The van der Waals surface area contributed by atoms with Gasteiger partial charge in [0.2, 0.25) is 5.91 Å². The molecule has 0 bridgehead atoms. The highest BCUT2D eigenvalue weighted by molar-refractivity contribution is 6.07. The number of hydrogen-bond acceptors (Lipinski definition) is 4. The third-order valence-corrected chi connectivity index (χ3v) is 6.21. The molecule has 1 saturated heterocycles. The number of unbranched alkanes of at least 4 members (excludes halogenated alkanes) is 2. The SMILES string of the molecule is CCC[C@H](C(=O)NCc1ccccc1)N1C(=O)[C@@H](CCCCCN)N(Cc2ccccc2)C1=O. The van der Waals surface area contributed by atoms with Gasteiger partial charge in [-0.05, 0) is 36.9 Å². The number of amides is 4. The lowest BCUT2D eigenvalue weighted by Crippen LogP contribution is -2.50. The maximum Gasteiger partial charge on any atom is 0.328 e. The van der Waals surface area contributed by atoms with E-state index in [4.69, 9.17) is 5.73 Å². The fourth-order valence-corrected chi connectivity index (χ4v) is 4.40. The first-order valence-electron chi connectivity index (χ1n) is 12.3. The van der Waals surface area contributed by atoms with Gasteiger partial charge in [0.25, 0.3) is 5.91 Å². The van der Waals surface area contributed by atoms with Crippen LogP contribution >= 0.6 is 0 Å². The molecule has 3 N–H and O–H groups in total. The number of rotatable bonds is 13. The van der Waals surface area contributed by atoms with Crippen molar-refractivity contribution in [3.8, 4) is 0 Å². The van der Waals surface area contributed by atoms with Gasteiger partial charge in [-0.25, -0.2) is 9.69 Å². The molecule has 1 fully saturated rings. The molecule has 7 heteroatoms. The maximum atomic E-state index is 13.5. The van der Waals surface area contributed by atoms with E-state index in [0.717, 1.165) is 30.4 Å². The van der Waals surface area contributed by atoms with Gasteiger partial charge in [-0.3, -0.25) is 9.59 Å². The lowest BCUT2D eigenvalue weighted by Gasteiger charge is -2.25. The molecule has 0 aliphatic carbocycles. The lowest BCUT2D eigenvalue weighted by molar-refractivity contribution is -0.136. The fourth-order valence-electron chi connectivity index (χ4n) is 4.40. The van der Waals surface area contributed by atoms with Crippen molar-refractivity contribution >= 4 is 17.8 Å². The molecule has 7 nitrogen and oxygen atoms in total. The highest BCUT2D eigenvalue weighted by atomic mass is 16.2. The molecule has 3 rings (SSSR count). The number of nitrogens with zero attached hydrogens (tertiary/aromatic N) is 2. The molecule has 0 spiro atoms. The molecule has 1 aliphatic heterocycles. The van der Waals surface area contributed by atoms with Crippen LogP contribution in [0.2, 0.25) is 0 Å². The molecule has 2 aromatic rings. The van der Waals surface area contributed by atoms with Gasteiger partial charge in [0.15, 0.2) is 0 Å². The molecule has 4 amide bonds. The van der Waals surface area contributed by atoms with E-state index in [0.29, 0.717) is 38.9 Å². The number of hydrogen-bond donors (Lipinski definition) is 2. The number of nitrogens with two attached hydrogens (primary N) is 1. The van der Waals surface area contributed by atoms with Crippen molar-refractivity contribution < 1.29 is 14.4 Å². The van der Waals surface area contributed by atoms with Crippen molar-refractivity contribution in [1.29, 1.82) is 0 Å². The van der Waals surface area contributed by atoms with Gasteiger partial charge >= 0.3 is 6.03 Å². The molecule has 2 atom stereocenters. The summed E-state index contributed by atoms with van der Waals surface area (Å²) in [6, 6.07) is 17.5. The molecule has 34 heavy (non-hydrogen) atoms. The molecule has 0 unspecified atom stereocenters. The summed E-state index contributed by atoms with van der Waals surface area (Å²) in [7, 11) is 0. The molecule has 1 heterocycles. The number of benzene rings is 2. The van der Waals surface area contributed by atoms with Crippen molar-refractivity contribution in [2.24, 2.45) is 5.73 Å². The van der Waals surface area contributed by atoms with E-state index in [9.17, 15) is 14.4 Å². The van der Waals surface area contributed by atoms with Crippen LogP contribution in [-0.4, -0.2) is 46.3 Å². The predicted octanol–water partition coefficient (Wildman–Crippen LogP) is 3.82. The van der Waals surface area contributed by atoms with Crippen molar-refractivity contribution in [2.45, 2.75) is 70.6 Å². The van der Waals surface area contributed by atoms with Crippen LogP contribution in [-0.2, 0) is 22.7 Å². The van der Waals surface area contributed by atoms with E-state index in [1.807, 2.05) is 67.6 Å². The zero-order valence-corrected chi connectivity index (χ0v) is 20.0. The second-order valence-corrected chi connectivity index (χ2v) is 8.77. The summed E-state index contributed by atoms with van der Waals surface area (Å²) in [4.78, 5) is 43.1. The third kappa shape index (κ3) is 6.44. The quantitative estimate of drug-likeness (QED) is 0.348. The number of carbonyl (C=O) groups excluding carboxylic acids is 3. The van der Waals surface area contributed by atoms with Crippen molar-refractivity contribution in [1.82, 2.24) is 15.1 Å². The van der Waals surface area contributed by atoms with E-state index < -0.39 is 12.1 Å². The Morgan fingerprint density at radius 2 is 1.62 bits per heavy atom. The summed E-state index contributed by atoms with van der Waals surface area (Å²) in [5.74, 6) is -0.571. The maximum absolute atomic E-state index is 13.5. The second kappa shape index (κ2) is 12.9. The predicted molar refractivity (Wildman–Crippen MR) is 133 cm³/mol. The van der Waals surface area contributed by atoms with Gasteiger partial charge in [0.1, 0.15) is 12.1 Å². The Labute approximate surface area is 202 Å². The molecule has 2 aromatic carbocycles. The summed E-state index contributed by atoms with van der Waals surface area (Å²) in [5, 5.41) is 2.92. The summed E-state index contributed by atoms with van der Waals surface area (Å²) >= 11 is 0. The van der Waals surface area contributed by atoms with Gasteiger partial charge < -0.3 is 16.0 Å². The van der Waals surface area contributed by atoms with Crippen LogP contribution in [0.1, 0.15) is 56.6 Å². The zero-order valence-electron chi connectivity index (χ0n) is 20.0. The molecular formula is C27H36N4O3. The molecule has 0 saturated carbocycles.